The van der Waals surface area contributed by atoms with Crippen LogP contribution < -0.4 is 5.32 Å². The van der Waals surface area contributed by atoms with Crippen molar-refractivity contribution in [2.45, 2.75) is 41.0 Å². The highest BCUT2D eigenvalue weighted by Gasteiger charge is 2.22. The van der Waals surface area contributed by atoms with E-state index >= 15 is 0 Å². The fourth-order valence-corrected chi connectivity index (χ4v) is 1.83. The molecular weight excluding hydrogens is 190 g/mol. The van der Waals surface area contributed by atoms with Crippen molar-refractivity contribution in [2.75, 3.05) is 0 Å². The van der Waals surface area contributed by atoms with Gasteiger partial charge in [-0.15, -0.1) is 0 Å². The first-order valence-corrected chi connectivity index (χ1v) is 5.10. The van der Waals surface area contributed by atoms with Gasteiger partial charge in [0.1, 0.15) is 0 Å². The standard InChI is InChI=1S/C12H21NO2/c1-11(2,3)8-12(4,5)7-6-10(15)13-9-14/h6-7,9H,8H2,1-5H3,(H,13,14,15). The number of rotatable bonds is 4. The normalized spacial score (nSPS) is 12.9. The molecule has 0 atom stereocenters. The third kappa shape index (κ3) is 7.91. The lowest BCUT2D eigenvalue weighted by Crippen LogP contribution is -2.21. The Morgan fingerprint density at radius 3 is 2.13 bits per heavy atom. The first-order chi connectivity index (χ1) is 6.66. The molecule has 0 fully saturated rings. The van der Waals surface area contributed by atoms with Gasteiger partial charge < -0.3 is 0 Å². The minimum absolute atomic E-state index is 0.0432. The Morgan fingerprint density at radius 2 is 1.73 bits per heavy atom. The Kier molecular flexibility index (Phi) is 4.72. The van der Waals surface area contributed by atoms with Crippen LogP contribution in [0.15, 0.2) is 12.2 Å². The van der Waals surface area contributed by atoms with Crippen molar-refractivity contribution < 1.29 is 9.59 Å². The molecule has 86 valence electrons. The smallest absolute Gasteiger partial charge is 0.250 e. The molecule has 0 radical (unpaired) electrons. The number of allylic oxidation sites excluding steroid dienone is 1. The second kappa shape index (κ2) is 5.10. The second-order valence-corrected chi connectivity index (χ2v) is 5.69. The van der Waals surface area contributed by atoms with Gasteiger partial charge in [0.25, 0.3) is 0 Å². The van der Waals surface area contributed by atoms with Crippen molar-refractivity contribution in [3.05, 3.63) is 12.2 Å². The molecule has 0 aromatic carbocycles. The van der Waals surface area contributed by atoms with Crippen LogP contribution in [-0.4, -0.2) is 12.3 Å². The van der Waals surface area contributed by atoms with Crippen LogP contribution in [0.2, 0.25) is 0 Å². The van der Waals surface area contributed by atoms with E-state index in [1.54, 1.807) is 0 Å². The average Bonchev–Trinajstić information content (AvgIpc) is 1.97. The lowest BCUT2D eigenvalue weighted by atomic mass is 9.76. The van der Waals surface area contributed by atoms with Crippen LogP contribution in [0.3, 0.4) is 0 Å². The number of nitrogens with one attached hydrogen (secondary N) is 1. The van der Waals surface area contributed by atoms with E-state index in [0.29, 0.717) is 6.41 Å². The lowest BCUT2D eigenvalue weighted by Gasteiger charge is -2.29. The Balaban J connectivity index is 4.36. The molecule has 2 amide bonds. The molecule has 0 unspecified atom stereocenters. The first-order valence-electron chi connectivity index (χ1n) is 5.10. The van der Waals surface area contributed by atoms with E-state index < -0.39 is 0 Å². The van der Waals surface area contributed by atoms with Gasteiger partial charge in [0.05, 0.1) is 0 Å². The second-order valence-electron chi connectivity index (χ2n) is 5.69. The highest BCUT2D eigenvalue weighted by molar-refractivity contribution is 5.94. The van der Waals surface area contributed by atoms with Crippen molar-refractivity contribution in [2.24, 2.45) is 10.8 Å². The van der Waals surface area contributed by atoms with Crippen molar-refractivity contribution in [3.63, 3.8) is 0 Å². The van der Waals surface area contributed by atoms with Crippen LogP contribution in [0.25, 0.3) is 0 Å². The minimum atomic E-state index is -0.369. The zero-order valence-electron chi connectivity index (χ0n) is 10.3. The zero-order chi connectivity index (χ0) is 12.1. The van der Waals surface area contributed by atoms with Crippen LogP contribution in [0.1, 0.15) is 41.0 Å². The molecule has 0 aliphatic heterocycles. The molecule has 1 N–H and O–H groups in total. The summed E-state index contributed by atoms with van der Waals surface area (Å²) >= 11 is 0. The van der Waals surface area contributed by atoms with Crippen molar-refractivity contribution >= 4 is 12.3 Å². The van der Waals surface area contributed by atoms with Crippen LogP contribution in [0, 0.1) is 10.8 Å². The molecule has 0 saturated carbocycles. The number of amides is 2. The van der Waals surface area contributed by atoms with E-state index in [4.69, 9.17) is 0 Å². The topological polar surface area (TPSA) is 46.2 Å². The maximum Gasteiger partial charge on any atom is 0.250 e. The maximum absolute atomic E-state index is 11.0. The van der Waals surface area contributed by atoms with Crippen LogP contribution in [-0.2, 0) is 9.59 Å². The maximum atomic E-state index is 11.0. The van der Waals surface area contributed by atoms with E-state index in [2.05, 4.69) is 39.9 Å². The van der Waals surface area contributed by atoms with Gasteiger partial charge in [0.2, 0.25) is 12.3 Å². The summed E-state index contributed by atoms with van der Waals surface area (Å²) in [7, 11) is 0. The largest absolute Gasteiger partial charge is 0.295 e. The Bertz CT molecular complexity index is 259. The molecule has 0 spiro atoms. The van der Waals surface area contributed by atoms with E-state index in [-0.39, 0.29) is 16.7 Å². The van der Waals surface area contributed by atoms with Crippen molar-refractivity contribution in [1.29, 1.82) is 0 Å². The Hall–Kier alpha value is -1.12. The molecule has 0 aliphatic carbocycles. The van der Waals surface area contributed by atoms with Gasteiger partial charge >= 0.3 is 0 Å². The monoisotopic (exact) mass is 211 g/mol. The summed E-state index contributed by atoms with van der Waals surface area (Å²) in [6, 6.07) is 0. The van der Waals surface area contributed by atoms with Gasteiger partial charge in [0, 0.05) is 0 Å². The summed E-state index contributed by atoms with van der Waals surface area (Å²) in [5.74, 6) is -0.369. The molecule has 0 saturated heterocycles. The van der Waals surface area contributed by atoms with E-state index in [1.165, 1.54) is 6.08 Å². The number of hydrogen-bond donors (Lipinski definition) is 1. The van der Waals surface area contributed by atoms with Crippen LogP contribution >= 0.6 is 0 Å². The fourth-order valence-electron chi connectivity index (χ4n) is 1.83. The molecule has 0 bridgehead atoms. The summed E-state index contributed by atoms with van der Waals surface area (Å²) in [5, 5.41) is 2.07. The highest BCUT2D eigenvalue weighted by Crippen LogP contribution is 2.33. The molecule has 0 heterocycles. The van der Waals surface area contributed by atoms with Crippen molar-refractivity contribution in [3.8, 4) is 0 Å². The van der Waals surface area contributed by atoms with Gasteiger partial charge in [-0.2, -0.15) is 0 Å². The SMILES string of the molecule is CC(C)(C)CC(C)(C)C=CC(=O)NC=O. The summed E-state index contributed by atoms with van der Waals surface area (Å²) < 4.78 is 0. The van der Waals surface area contributed by atoms with E-state index in [9.17, 15) is 9.59 Å². The molecule has 3 heteroatoms. The van der Waals surface area contributed by atoms with E-state index in [0.717, 1.165) is 6.42 Å². The van der Waals surface area contributed by atoms with Gasteiger partial charge in [0.15, 0.2) is 0 Å². The molecule has 0 aromatic heterocycles. The summed E-state index contributed by atoms with van der Waals surface area (Å²) in [4.78, 5) is 21.0. The predicted molar refractivity (Wildman–Crippen MR) is 61.2 cm³/mol. The van der Waals surface area contributed by atoms with Crippen LogP contribution in [0.5, 0.6) is 0 Å². The molecule has 0 rings (SSSR count). The quantitative estimate of drug-likeness (QED) is 0.573. The minimum Gasteiger partial charge on any atom is -0.295 e. The van der Waals surface area contributed by atoms with Gasteiger partial charge in [-0.1, -0.05) is 40.7 Å². The summed E-state index contributed by atoms with van der Waals surface area (Å²) in [6.45, 7) is 10.6. The summed E-state index contributed by atoms with van der Waals surface area (Å²) in [5.41, 5.74) is 0.174. The van der Waals surface area contributed by atoms with Gasteiger partial charge in [-0.05, 0) is 23.3 Å². The highest BCUT2D eigenvalue weighted by atomic mass is 16.2. The predicted octanol–water partition coefficient (Wildman–Crippen LogP) is 2.28. The number of carbonyl (C=O) groups is 2. The Labute approximate surface area is 91.9 Å². The number of imide groups is 1. The van der Waals surface area contributed by atoms with Gasteiger partial charge in [-0.25, -0.2) is 0 Å². The van der Waals surface area contributed by atoms with Crippen molar-refractivity contribution in [1.82, 2.24) is 5.32 Å². The molecule has 0 aliphatic rings. The van der Waals surface area contributed by atoms with E-state index in [1.807, 2.05) is 6.08 Å². The number of hydrogen-bond acceptors (Lipinski definition) is 2. The molecular formula is C12H21NO2. The molecule has 3 nitrogen and oxygen atoms in total. The molecule has 0 aromatic rings. The first kappa shape index (κ1) is 13.9. The average molecular weight is 211 g/mol. The third-order valence-electron chi connectivity index (χ3n) is 1.87. The zero-order valence-corrected chi connectivity index (χ0v) is 10.3. The third-order valence-corrected chi connectivity index (χ3v) is 1.87. The molecule has 15 heavy (non-hydrogen) atoms. The number of carbonyl (C=O) groups excluding carboxylic acids is 2. The van der Waals surface area contributed by atoms with Gasteiger partial charge in [-0.3, -0.25) is 14.9 Å². The Morgan fingerprint density at radius 1 is 1.20 bits per heavy atom. The lowest BCUT2D eigenvalue weighted by molar-refractivity contribution is -0.121. The summed E-state index contributed by atoms with van der Waals surface area (Å²) in [6.07, 6.45) is 4.63. The van der Waals surface area contributed by atoms with Crippen LogP contribution in [0.4, 0.5) is 0 Å². The fraction of sp³-hybridized carbons (Fsp3) is 0.667.